The molecule has 2 aromatic carbocycles. The number of sulfonamides is 1. The second kappa shape index (κ2) is 9.38. The Morgan fingerprint density at radius 1 is 1.00 bits per heavy atom. The van der Waals surface area contributed by atoms with Crippen LogP contribution >= 0.6 is 0 Å². The molecule has 0 atom stereocenters. The number of hydrogen-bond acceptors (Lipinski definition) is 5. The third kappa shape index (κ3) is 5.34. The molecule has 1 N–H and O–H groups in total. The summed E-state index contributed by atoms with van der Waals surface area (Å²) >= 11 is 0. The Kier molecular flexibility index (Phi) is 6.58. The monoisotopic (exact) mass is 452 g/mol. The number of ketones is 1. The molecule has 1 heterocycles. The summed E-state index contributed by atoms with van der Waals surface area (Å²) in [5.74, 6) is -0.162. The lowest BCUT2D eigenvalue weighted by atomic mass is 9.77. The first-order valence-corrected chi connectivity index (χ1v) is 12.6. The molecule has 7 heteroatoms. The van der Waals surface area contributed by atoms with Crippen LogP contribution in [0.1, 0.15) is 50.3 Å². The van der Waals surface area contributed by atoms with Crippen molar-refractivity contribution in [1.82, 2.24) is 9.71 Å². The number of nitrogens with zero attached hydrogens (tertiary/aromatic N) is 1. The van der Waals surface area contributed by atoms with Gasteiger partial charge in [-0.3, -0.25) is 4.79 Å². The van der Waals surface area contributed by atoms with Crippen molar-refractivity contribution in [1.29, 1.82) is 0 Å². The van der Waals surface area contributed by atoms with E-state index in [1.807, 2.05) is 60.7 Å². The van der Waals surface area contributed by atoms with E-state index in [-0.39, 0.29) is 5.78 Å². The molecule has 3 aromatic rings. The number of carbonyl (C=O) groups is 1. The number of benzene rings is 2. The predicted octanol–water partition coefficient (Wildman–Crippen LogP) is 4.48. The van der Waals surface area contributed by atoms with Crippen molar-refractivity contribution in [3.63, 3.8) is 0 Å². The van der Waals surface area contributed by atoms with E-state index >= 15 is 0 Å². The lowest BCUT2D eigenvalue weighted by Crippen LogP contribution is -2.48. The molecule has 0 unspecified atom stereocenters. The number of hydrogen-bond donors (Lipinski definition) is 1. The average Bonchev–Trinajstić information content (AvgIpc) is 2.77. The maximum atomic E-state index is 12.5. The topological polar surface area (TPSA) is 85.4 Å². The lowest BCUT2D eigenvalue weighted by Gasteiger charge is -2.38. The summed E-state index contributed by atoms with van der Waals surface area (Å²) in [6.07, 6.45) is 4.38. The van der Waals surface area contributed by atoms with Gasteiger partial charge in [0.05, 0.1) is 16.7 Å². The quantitative estimate of drug-likeness (QED) is 0.545. The Bertz CT molecular complexity index is 1200. The Morgan fingerprint density at radius 3 is 2.44 bits per heavy atom. The standard InChI is InChI=1S/C25H28N2O4S/c1-19(28)18-32(29,30)27-25(15-5-2-6-16-25)21-10-13-23(14-11-21)31-17-22-12-9-20-7-3-4-8-24(20)26-22/h3-4,7-14,27H,2,5-6,15-18H2,1H3. The van der Waals surface area contributed by atoms with E-state index in [9.17, 15) is 13.2 Å². The highest BCUT2D eigenvalue weighted by Crippen LogP contribution is 2.38. The molecule has 168 valence electrons. The Morgan fingerprint density at radius 2 is 1.72 bits per heavy atom. The molecule has 1 aromatic heterocycles. The number of pyridine rings is 1. The van der Waals surface area contributed by atoms with E-state index < -0.39 is 21.3 Å². The first kappa shape index (κ1) is 22.4. The molecular weight excluding hydrogens is 424 g/mol. The normalized spacial score (nSPS) is 16.0. The molecule has 1 saturated carbocycles. The van der Waals surface area contributed by atoms with Crippen LogP contribution < -0.4 is 9.46 Å². The van der Waals surface area contributed by atoms with Gasteiger partial charge in [0, 0.05) is 5.39 Å². The largest absolute Gasteiger partial charge is 0.487 e. The smallest absolute Gasteiger partial charge is 0.219 e. The highest BCUT2D eigenvalue weighted by molar-refractivity contribution is 7.90. The zero-order chi connectivity index (χ0) is 22.6. The molecule has 0 spiro atoms. The van der Waals surface area contributed by atoms with E-state index in [0.717, 1.165) is 41.4 Å². The maximum Gasteiger partial charge on any atom is 0.219 e. The van der Waals surface area contributed by atoms with Gasteiger partial charge in [-0.05, 0) is 49.6 Å². The van der Waals surface area contributed by atoms with Crippen LogP contribution in [0.4, 0.5) is 0 Å². The third-order valence-corrected chi connectivity index (χ3v) is 7.39. The number of Topliss-reactive ketones (excluding diaryl/α,β-unsaturated/α-hetero) is 1. The van der Waals surface area contributed by atoms with Gasteiger partial charge in [-0.15, -0.1) is 0 Å². The number of para-hydroxylation sites is 1. The van der Waals surface area contributed by atoms with Crippen LogP contribution in [0.3, 0.4) is 0 Å². The van der Waals surface area contributed by atoms with Crippen LogP contribution in [0.15, 0.2) is 60.7 Å². The molecule has 0 bridgehead atoms. The Hall–Kier alpha value is -2.77. The zero-order valence-electron chi connectivity index (χ0n) is 18.2. The average molecular weight is 453 g/mol. The van der Waals surface area contributed by atoms with Gasteiger partial charge in [0.2, 0.25) is 10.0 Å². The molecular formula is C25H28N2O4S. The van der Waals surface area contributed by atoms with E-state index in [0.29, 0.717) is 25.2 Å². The summed E-state index contributed by atoms with van der Waals surface area (Å²) in [6, 6.07) is 19.5. The fourth-order valence-electron chi connectivity index (χ4n) is 4.42. The van der Waals surface area contributed by atoms with Gasteiger partial charge in [0.1, 0.15) is 23.9 Å². The minimum Gasteiger partial charge on any atom is -0.487 e. The summed E-state index contributed by atoms with van der Waals surface area (Å²) in [5.41, 5.74) is 2.00. The molecule has 6 nitrogen and oxygen atoms in total. The third-order valence-electron chi connectivity index (χ3n) is 5.90. The highest BCUT2D eigenvalue weighted by Gasteiger charge is 2.37. The summed E-state index contributed by atoms with van der Waals surface area (Å²) in [5, 5.41) is 1.09. The number of rotatable bonds is 8. The van der Waals surface area contributed by atoms with Gasteiger partial charge >= 0.3 is 0 Å². The van der Waals surface area contributed by atoms with Crippen LogP contribution in [0.25, 0.3) is 10.9 Å². The summed E-state index contributed by atoms with van der Waals surface area (Å²) < 4.78 is 33.9. The van der Waals surface area contributed by atoms with Gasteiger partial charge < -0.3 is 4.74 Å². The van der Waals surface area contributed by atoms with Crippen LogP contribution in [0, 0.1) is 0 Å². The van der Waals surface area contributed by atoms with E-state index in [2.05, 4.69) is 9.71 Å². The van der Waals surface area contributed by atoms with Crippen molar-refractivity contribution < 1.29 is 17.9 Å². The second-order valence-electron chi connectivity index (χ2n) is 8.51. The van der Waals surface area contributed by atoms with Crippen molar-refractivity contribution in [3.8, 4) is 5.75 Å². The van der Waals surface area contributed by atoms with Crippen molar-refractivity contribution in [2.75, 3.05) is 5.75 Å². The fraction of sp³-hybridized carbons (Fsp3) is 0.360. The summed E-state index contributed by atoms with van der Waals surface area (Å²) in [7, 11) is -3.70. The van der Waals surface area contributed by atoms with Gasteiger partial charge in [-0.25, -0.2) is 18.1 Å². The van der Waals surface area contributed by atoms with Gasteiger partial charge in [0.15, 0.2) is 0 Å². The molecule has 1 aliphatic carbocycles. The van der Waals surface area contributed by atoms with Gasteiger partial charge in [-0.2, -0.15) is 0 Å². The number of ether oxygens (including phenoxy) is 1. The van der Waals surface area contributed by atoms with Crippen LogP contribution in [0.5, 0.6) is 5.75 Å². The number of carbonyl (C=O) groups excluding carboxylic acids is 1. The molecule has 0 aliphatic heterocycles. The van der Waals surface area contributed by atoms with E-state index in [1.54, 1.807) is 0 Å². The van der Waals surface area contributed by atoms with Crippen LogP contribution in [0.2, 0.25) is 0 Å². The van der Waals surface area contributed by atoms with Crippen LogP contribution in [-0.4, -0.2) is 24.9 Å². The number of fused-ring (bicyclic) bond motifs is 1. The summed E-state index contributed by atoms with van der Waals surface area (Å²) in [4.78, 5) is 16.0. The Balaban J connectivity index is 1.49. The van der Waals surface area contributed by atoms with Crippen molar-refractivity contribution >= 4 is 26.7 Å². The minimum absolute atomic E-state index is 0.348. The minimum atomic E-state index is -3.70. The second-order valence-corrected chi connectivity index (χ2v) is 10.2. The zero-order valence-corrected chi connectivity index (χ0v) is 19.0. The molecule has 0 radical (unpaired) electrons. The molecule has 4 rings (SSSR count). The molecule has 0 amide bonds. The molecule has 32 heavy (non-hydrogen) atoms. The lowest BCUT2D eigenvalue weighted by molar-refractivity contribution is -0.114. The SMILES string of the molecule is CC(=O)CS(=O)(=O)NC1(c2ccc(OCc3ccc4ccccc4n3)cc2)CCCCC1. The van der Waals surface area contributed by atoms with Crippen molar-refractivity contribution in [2.45, 2.75) is 51.2 Å². The summed E-state index contributed by atoms with van der Waals surface area (Å²) in [6.45, 7) is 1.64. The molecule has 0 saturated heterocycles. The predicted molar refractivity (Wildman–Crippen MR) is 125 cm³/mol. The van der Waals surface area contributed by atoms with E-state index in [4.69, 9.17) is 4.74 Å². The molecule has 1 aliphatic rings. The van der Waals surface area contributed by atoms with Crippen molar-refractivity contribution in [2.24, 2.45) is 0 Å². The maximum absolute atomic E-state index is 12.5. The van der Waals surface area contributed by atoms with Crippen LogP contribution in [-0.2, 0) is 27.0 Å². The number of aromatic nitrogens is 1. The Labute approximate surface area is 189 Å². The highest BCUT2D eigenvalue weighted by atomic mass is 32.2. The first-order chi connectivity index (χ1) is 15.4. The molecule has 1 fully saturated rings. The van der Waals surface area contributed by atoms with Gasteiger partial charge in [-0.1, -0.05) is 55.7 Å². The number of nitrogens with one attached hydrogen (secondary N) is 1. The van der Waals surface area contributed by atoms with E-state index in [1.165, 1.54) is 6.92 Å². The fourth-order valence-corrected chi connectivity index (χ4v) is 5.95. The van der Waals surface area contributed by atoms with Crippen molar-refractivity contribution in [3.05, 3.63) is 71.9 Å². The van der Waals surface area contributed by atoms with Gasteiger partial charge in [0.25, 0.3) is 0 Å². The first-order valence-electron chi connectivity index (χ1n) is 10.9.